The molecule has 5 nitrogen and oxygen atoms in total. The van der Waals surface area contributed by atoms with Crippen LogP contribution in [-0.4, -0.2) is 40.2 Å². The first-order valence-electron chi connectivity index (χ1n) is 8.89. The SMILES string of the molecule is O=S1CCN(c2ccc(-c3coc(-c4ccc(OC(F)(F)F)cc4)n3)cc2)CC1. The van der Waals surface area contributed by atoms with Gasteiger partial charge < -0.3 is 14.1 Å². The second-order valence-electron chi connectivity index (χ2n) is 6.49. The molecule has 1 aliphatic rings. The van der Waals surface area contributed by atoms with Crippen LogP contribution in [0.25, 0.3) is 22.7 Å². The zero-order valence-corrected chi connectivity index (χ0v) is 16.0. The molecule has 3 aromatic rings. The molecular weight excluding hydrogens is 405 g/mol. The maximum atomic E-state index is 12.3. The molecule has 0 atom stereocenters. The van der Waals surface area contributed by atoms with Crippen LogP contribution in [0.1, 0.15) is 0 Å². The second-order valence-corrected chi connectivity index (χ2v) is 8.19. The van der Waals surface area contributed by atoms with Crippen LogP contribution in [0.3, 0.4) is 0 Å². The van der Waals surface area contributed by atoms with Gasteiger partial charge in [-0.25, -0.2) is 4.98 Å². The van der Waals surface area contributed by atoms with Crippen molar-refractivity contribution in [2.24, 2.45) is 0 Å². The highest BCUT2D eigenvalue weighted by Gasteiger charge is 2.31. The van der Waals surface area contributed by atoms with Gasteiger partial charge in [-0.1, -0.05) is 12.1 Å². The molecule has 1 fully saturated rings. The molecule has 0 spiro atoms. The van der Waals surface area contributed by atoms with Gasteiger partial charge >= 0.3 is 6.36 Å². The number of alkyl halides is 3. The first-order valence-corrected chi connectivity index (χ1v) is 10.4. The quantitative estimate of drug-likeness (QED) is 0.621. The summed E-state index contributed by atoms with van der Waals surface area (Å²) in [7, 11) is -0.719. The summed E-state index contributed by atoms with van der Waals surface area (Å²) in [5.74, 6) is 1.37. The zero-order valence-electron chi connectivity index (χ0n) is 15.2. The summed E-state index contributed by atoms with van der Waals surface area (Å²) in [6.45, 7) is 1.54. The Hall–Kier alpha value is -2.81. The van der Waals surface area contributed by atoms with Crippen LogP contribution in [-0.2, 0) is 10.8 Å². The van der Waals surface area contributed by atoms with Crippen molar-refractivity contribution in [1.29, 1.82) is 0 Å². The molecule has 2 heterocycles. The molecule has 152 valence electrons. The number of hydrogen-bond donors (Lipinski definition) is 0. The minimum Gasteiger partial charge on any atom is -0.444 e. The van der Waals surface area contributed by atoms with E-state index in [4.69, 9.17) is 4.42 Å². The average molecular weight is 422 g/mol. The number of nitrogens with zero attached hydrogens (tertiary/aromatic N) is 2. The summed E-state index contributed by atoms with van der Waals surface area (Å²) in [6, 6.07) is 13.2. The van der Waals surface area contributed by atoms with E-state index in [0.29, 0.717) is 28.7 Å². The first kappa shape index (κ1) is 19.5. The Morgan fingerprint density at radius 3 is 2.21 bits per heavy atom. The third-order valence-electron chi connectivity index (χ3n) is 4.54. The van der Waals surface area contributed by atoms with Gasteiger partial charge in [-0.3, -0.25) is 4.21 Å². The van der Waals surface area contributed by atoms with E-state index in [9.17, 15) is 17.4 Å². The van der Waals surface area contributed by atoms with Gasteiger partial charge in [-0.2, -0.15) is 0 Å². The Morgan fingerprint density at radius 1 is 0.966 bits per heavy atom. The summed E-state index contributed by atoms with van der Waals surface area (Å²) < 4.78 is 57.6. The Morgan fingerprint density at radius 2 is 1.59 bits per heavy atom. The van der Waals surface area contributed by atoms with Crippen LogP contribution < -0.4 is 9.64 Å². The van der Waals surface area contributed by atoms with Crippen molar-refractivity contribution >= 4 is 16.5 Å². The van der Waals surface area contributed by atoms with E-state index >= 15 is 0 Å². The molecule has 1 aromatic heterocycles. The van der Waals surface area contributed by atoms with Crippen molar-refractivity contribution < 1.29 is 26.5 Å². The fourth-order valence-corrected chi connectivity index (χ4v) is 4.13. The number of aromatic nitrogens is 1. The van der Waals surface area contributed by atoms with Gasteiger partial charge in [0.1, 0.15) is 17.7 Å². The molecule has 0 saturated carbocycles. The normalized spacial score (nSPS) is 15.5. The first-order chi connectivity index (χ1) is 13.9. The molecule has 0 aliphatic carbocycles. The fourth-order valence-electron chi connectivity index (χ4n) is 3.08. The highest BCUT2D eigenvalue weighted by atomic mass is 32.2. The van der Waals surface area contributed by atoms with Crippen molar-refractivity contribution in [3.63, 3.8) is 0 Å². The van der Waals surface area contributed by atoms with Crippen LogP contribution in [0.5, 0.6) is 5.75 Å². The van der Waals surface area contributed by atoms with Crippen LogP contribution >= 0.6 is 0 Å². The number of rotatable bonds is 4. The van der Waals surface area contributed by atoms with Gasteiger partial charge in [-0.05, 0) is 36.4 Å². The molecule has 0 radical (unpaired) electrons. The molecule has 0 bridgehead atoms. The van der Waals surface area contributed by atoms with Crippen molar-refractivity contribution in [2.75, 3.05) is 29.5 Å². The number of halogens is 3. The molecule has 0 amide bonds. The highest BCUT2D eigenvalue weighted by molar-refractivity contribution is 7.85. The number of hydrogen-bond acceptors (Lipinski definition) is 5. The number of benzene rings is 2. The highest BCUT2D eigenvalue weighted by Crippen LogP contribution is 2.29. The molecule has 0 unspecified atom stereocenters. The lowest BCUT2D eigenvalue weighted by atomic mass is 10.1. The molecule has 0 N–H and O–H groups in total. The van der Waals surface area contributed by atoms with Crippen LogP contribution in [0, 0.1) is 0 Å². The Kier molecular flexibility index (Phi) is 5.31. The largest absolute Gasteiger partial charge is 0.573 e. The minimum atomic E-state index is -4.73. The van der Waals surface area contributed by atoms with Crippen molar-refractivity contribution in [3.05, 3.63) is 54.8 Å². The van der Waals surface area contributed by atoms with Crippen molar-refractivity contribution in [3.8, 4) is 28.5 Å². The third-order valence-corrected chi connectivity index (χ3v) is 5.82. The molecule has 1 saturated heterocycles. The standard InChI is InChI=1S/C20H17F3N2O3S/c21-20(22,23)28-17-7-3-15(4-8-17)19-24-18(13-27-19)14-1-5-16(6-2-14)25-9-11-29(26)12-10-25/h1-8,13H,9-12H2. The maximum Gasteiger partial charge on any atom is 0.573 e. The third kappa shape index (κ3) is 4.79. The van der Waals surface area contributed by atoms with E-state index in [1.807, 2.05) is 24.3 Å². The van der Waals surface area contributed by atoms with E-state index in [0.717, 1.165) is 24.3 Å². The predicted molar refractivity (Wildman–Crippen MR) is 104 cm³/mol. The second kappa shape index (κ2) is 7.90. The fraction of sp³-hybridized carbons (Fsp3) is 0.250. The monoisotopic (exact) mass is 422 g/mol. The average Bonchev–Trinajstić information content (AvgIpc) is 3.18. The number of oxazole rings is 1. The molecule has 2 aromatic carbocycles. The van der Waals surface area contributed by atoms with Gasteiger partial charge in [0.05, 0.1) is 0 Å². The molecule has 1 aliphatic heterocycles. The lowest BCUT2D eigenvalue weighted by molar-refractivity contribution is -0.274. The van der Waals surface area contributed by atoms with Gasteiger partial charge in [0.2, 0.25) is 5.89 Å². The van der Waals surface area contributed by atoms with Crippen molar-refractivity contribution in [2.45, 2.75) is 6.36 Å². The molecule has 9 heteroatoms. The Bertz CT molecular complexity index is 991. The van der Waals surface area contributed by atoms with Crippen LogP contribution in [0.15, 0.2) is 59.2 Å². The van der Waals surface area contributed by atoms with E-state index < -0.39 is 17.2 Å². The Balaban J connectivity index is 1.47. The van der Waals surface area contributed by atoms with Gasteiger partial charge in [0.15, 0.2) is 0 Å². The summed E-state index contributed by atoms with van der Waals surface area (Å²) >= 11 is 0. The zero-order chi connectivity index (χ0) is 20.4. The number of ether oxygens (including phenoxy) is 1. The summed E-state index contributed by atoms with van der Waals surface area (Å²) in [4.78, 5) is 6.62. The van der Waals surface area contributed by atoms with E-state index in [2.05, 4.69) is 14.6 Å². The molecule has 29 heavy (non-hydrogen) atoms. The maximum absolute atomic E-state index is 12.3. The van der Waals surface area contributed by atoms with E-state index in [-0.39, 0.29) is 5.75 Å². The van der Waals surface area contributed by atoms with Crippen LogP contribution in [0.4, 0.5) is 18.9 Å². The topological polar surface area (TPSA) is 55.6 Å². The molecule has 4 rings (SSSR count). The van der Waals surface area contributed by atoms with Crippen molar-refractivity contribution in [1.82, 2.24) is 4.98 Å². The number of anilines is 1. The van der Waals surface area contributed by atoms with Gasteiger partial charge in [0.25, 0.3) is 0 Å². The lowest BCUT2D eigenvalue weighted by Gasteiger charge is -2.28. The van der Waals surface area contributed by atoms with Gasteiger partial charge in [0, 0.05) is 52.2 Å². The smallest absolute Gasteiger partial charge is 0.444 e. The Labute approximate surface area is 167 Å². The van der Waals surface area contributed by atoms with E-state index in [1.165, 1.54) is 30.5 Å². The van der Waals surface area contributed by atoms with Gasteiger partial charge in [-0.15, -0.1) is 13.2 Å². The summed E-state index contributed by atoms with van der Waals surface area (Å²) in [5, 5.41) is 0. The molecular formula is C20H17F3N2O3S. The predicted octanol–water partition coefficient (Wildman–Crippen LogP) is 4.48. The summed E-state index contributed by atoms with van der Waals surface area (Å²) in [5.41, 5.74) is 3.10. The minimum absolute atomic E-state index is 0.301. The van der Waals surface area contributed by atoms with E-state index in [1.54, 1.807) is 0 Å². The lowest BCUT2D eigenvalue weighted by Crippen LogP contribution is -2.37. The summed E-state index contributed by atoms with van der Waals surface area (Å²) in [6.07, 6.45) is -3.22. The van der Waals surface area contributed by atoms with Crippen LogP contribution in [0.2, 0.25) is 0 Å².